The van der Waals surface area contributed by atoms with E-state index < -0.39 is 17.5 Å². The van der Waals surface area contributed by atoms with E-state index in [-0.39, 0.29) is 6.61 Å². The Morgan fingerprint density at radius 3 is 2.50 bits per heavy atom. The van der Waals surface area contributed by atoms with Gasteiger partial charge in [0, 0.05) is 5.56 Å². The predicted octanol–water partition coefficient (Wildman–Crippen LogP) is 3.50. The molecule has 0 aliphatic heterocycles. The van der Waals surface area contributed by atoms with Gasteiger partial charge in [-0.1, -0.05) is 6.07 Å². The van der Waals surface area contributed by atoms with Crippen LogP contribution in [-0.4, -0.2) is 18.2 Å². The molecule has 1 N–H and O–H groups in total. The Bertz CT molecular complexity index is 789. The molecule has 0 bridgehead atoms. The summed E-state index contributed by atoms with van der Waals surface area (Å²) in [5, 5.41) is 3.86. The second-order valence-corrected chi connectivity index (χ2v) is 5.40. The molecule has 0 spiro atoms. The number of benzene rings is 2. The van der Waals surface area contributed by atoms with Crippen LogP contribution in [0.4, 0.5) is 8.78 Å². The maximum absolute atomic E-state index is 13.2. The van der Waals surface area contributed by atoms with Crippen LogP contribution in [0.25, 0.3) is 0 Å². The molecule has 0 saturated carbocycles. The van der Waals surface area contributed by atoms with Gasteiger partial charge in [-0.05, 0) is 62.2 Å². The highest BCUT2D eigenvalue weighted by molar-refractivity contribution is 5.99. The molecule has 0 fully saturated rings. The summed E-state index contributed by atoms with van der Waals surface area (Å²) >= 11 is 0. The molecule has 1 amide bonds. The third-order valence-electron chi connectivity index (χ3n) is 3.53. The molecule has 6 heteroatoms. The highest BCUT2D eigenvalue weighted by atomic mass is 19.2. The molecule has 0 aliphatic carbocycles. The van der Waals surface area contributed by atoms with Gasteiger partial charge in [-0.15, -0.1) is 0 Å². The molecule has 0 atom stereocenters. The Morgan fingerprint density at radius 1 is 1.08 bits per heavy atom. The third-order valence-corrected chi connectivity index (χ3v) is 3.53. The van der Waals surface area contributed by atoms with Crippen molar-refractivity contribution in [3.8, 4) is 5.75 Å². The van der Waals surface area contributed by atoms with Gasteiger partial charge in [0.2, 0.25) is 0 Å². The third kappa shape index (κ3) is 4.62. The minimum Gasteiger partial charge on any atom is -0.484 e. The fraction of sp³-hybridized carbons (Fsp3) is 0.222. The summed E-state index contributed by atoms with van der Waals surface area (Å²) in [4.78, 5) is 11.7. The molecular weight excluding hydrogens is 314 g/mol. The number of carbonyl (C=O) groups is 1. The van der Waals surface area contributed by atoms with Gasteiger partial charge in [0.15, 0.2) is 18.2 Å². The van der Waals surface area contributed by atoms with E-state index in [0.29, 0.717) is 17.0 Å². The van der Waals surface area contributed by atoms with E-state index >= 15 is 0 Å². The van der Waals surface area contributed by atoms with Crippen molar-refractivity contribution in [1.82, 2.24) is 5.43 Å². The van der Waals surface area contributed by atoms with Crippen LogP contribution in [0.5, 0.6) is 5.75 Å². The van der Waals surface area contributed by atoms with Crippen molar-refractivity contribution < 1.29 is 18.3 Å². The van der Waals surface area contributed by atoms with Crippen LogP contribution in [-0.2, 0) is 4.79 Å². The zero-order valence-electron chi connectivity index (χ0n) is 13.7. The average Bonchev–Trinajstić information content (AvgIpc) is 2.56. The Labute approximate surface area is 139 Å². The maximum Gasteiger partial charge on any atom is 0.277 e. The topological polar surface area (TPSA) is 50.7 Å². The Kier molecular flexibility index (Phi) is 5.63. The summed E-state index contributed by atoms with van der Waals surface area (Å²) in [6, 6.07) is 8.95. The normalized spacial score (nSPS) is 11.3. The SMILES string of the molecule is C/C(=N/NC(=O)COc1ccc(C)c(C)c1)c1ccc(F)c(F)c1. The second kappa shape index (κ2) is 7.68. The van der Waals surface area contributed by atoms with E-state index in [1.807, 2.05) is 26.0 Å². The maximum atomic E-state index is 13.2. The number of carbonyl (C=O) groups excluding carboxylic acids is 1. The number of nitrogens with one attached hydrogen (secondary N) is 1. The van der Waals surface area contributed by atoms with E-state index in [0.717, 1.165) is 23.3 Å². The number of hydrazone groups is 1. The molecule has 24 heavy (non-hydrogen) atoms. The smallest absolute Gasteiger partial charge is 0.277 e. The van der Waals surface area contributed by atoms with Crippen LogP contribution in [0.3, 0.4) is 0 Å². The monoisotopic (exact) mass is 332 g/mol. The number of nitrogens with zero attached hydrogens (tertiary/aromatic N) is 1. The van der Waals surface area contributed by atoms with Crippen LogP contribution in [0.15, 0.2) is 41.5 Å². The molecule has 0 aromatic heterocycles. The standard InChI is InChI=1S/C18H18F2N2O2/c1-11-4-6-15(8-12(11)2)24-10-18(23)22-21-13(3)14-5-7-16(19)17(20)9-14/h4-9H,10H2,1-3H3,(H,22,23)/b21-13-. The zero-order chi connectivity index (χ0) is 17.7. The number of aryl methyl sites for hydroxylation is 2. The van der Waals surface area contributed by atoms with E-state index in [9.17, 15) is 13.6 Å². The summed E-state index contributed by atoms with van der Waals surface area (Å²) in [6.45, 7) is 5.33. The van der Waals surface area contributed by atoms with Gasteiger partial charge in [0.05, 0.1) is 5.71 Å². The van der Waals surface area contributed by atoms with Crippen LogP contribution in [0.1, 0.15) is 23.6 Å². The number of hydrogen-bond donors (Lipinski definition) is 1. The van der Waals surface area contributed by atoms with Crippen LogP contribution in [0.2, 0.25) is 0 Å². The minimum atomic E-state index is -0.966. The van der Waals surface area contributed by atoms with E-state index in [4.69, 9.17) is 4.74 Å². The van der Waals surface area contributed by atoms with Crippen LogP contribution < -0.4 is 10.2 Å². The van der Waals surface area contributed by atoms with Gasteiger partial charge in [0.25, 0.3) is 5.91 Å². The Morgan fingerprint density at radius 2 is 1.83 bits per heavy atom. The molecular formula is C18H18F2N2O2. The first-order valence-corrected chi connectivity index (χ1v) is 7.35. The van der Waals surface area contributed by atoms with Gasteiger partial charge in [-0.2, -0.15) is 5.10 Å². The number of ether oxygens (including phenoxy) is 1. The second-order valence-electron chi connectivity index (χ2n) is 5.40. The molecule has 0 saturated heterocycles. The van der Waals surface area contributed by atoms with Gasteiger partial charge in [-0.3, -0.25) is 4.79 Å². The molecule has 126 valence electrons. The highest BCUT2D eigenvalue weighted by Crippen LogP contribution is 2.16. The summed E-state index contributed by atoms with van der Waals surface area (Å²) < 4.78 is 31.4. The molecule has 0 heterocycles. The van der Waals surface area contributed by atoms with Crippen molar-refractivity contribution in [2.24, 2.45) is 5.10 Å². The number of hydrogen-bond acceptors (Lipinski definition) is 3. The van der Waals surface area contributed by atoms with Crippen molar-refractivity contribution in [2.75, 3.05) is 6.61 Å². The molecule has 2 aromatic carbocycles. The average molecular weight is 332 g/mol. The quantitative estimate of drug-likeness (QED) is 0.673. The van der Waals surface area contributed by atoms with Gasteiger partial charge in [-0.25, -0.2) is 14.2 Å². The van der Waals surface area contributed by atoms with Crippen LogP contribution >= 0.6 is 0 Å². The Hall–Kier alpha value is -2.76. The summed E-state index contributed by atoms with van der Waals surface area (Å²) in [5.74, 6) is -1.76. The Balaban J connectivity index is 1.91. The lowest BCUT2D eigenvalue weighted by molar-refractivity contribution is -0.123. The molecule has 0 aliphatic rings. The van der Waals surface area contributed by atoms with Gasteiger partial charge >= 0.3 is 0 Å². The molecule has 2 aromatic rings. The van der Waals surface area contributed by atoms with Gasteiger partial charge in [0.1, 0.15) is 5.75 Å². The fourth-order valence-electron chi connectivity index (χ4n) is 1.92. The lowest BCUT2D eigenvalue weighted by Crippen LogP contribution is -2.25. The molecule has 0 radical (unpaired) electrons. The lowest BCUT2D eigenvalue weighted by Gasteiger charge is -2.08. The van der Waals surface area contributed by atoms with Crippen molar-refractivity contribution in [1.29, 1.82) is 0 Å². The first kappa shape index (κ1) is 17.6. The summed E-state index contributed by atoms with van der Waals surface area (Å²) in [6.07, 6.45) is 0. The van der Waals surface area contributed by atoms with Crippen molar-refractivity contribution >= 4 is 11.6 Å². The number of amides is 1. The summed E-state index contributed by atoms with van der Waals surface area (Å²) in [5.41, 5.74) is 5.26. The number of halogens is 2. The lowest BCUT2D eigenvalue weighted by atomic mass is 10.1. The zero-order valence-corrected chi connectivity index (χ0v) is 13.7. The van der Waals surface area contributed by atoms with E-state index in [1.165, 1.54) is 6.07 Å². The fourth-order valence-corrected chi connectivity index (χ4v) is 1.92. The molecule has 0 unspecified atom stereocenters. The van der Waals surface area contributed by atoms with E-state index in [2.05, 4.69) is 10.5 Å². The minimum absolute atomic E-state index is 0.197. The van der Waals surface area contributed by atoms with Crippen molar-refractivity contribution in [2.45, 2.75) is 20.8 Å². The largest absolute Gasteiger partial charge is 0.484 e. The number of rotatable bonds is 5. The molecule has 2 rings (SSSR count). The van der Waals surface area contributed by atoms with Crippen molar-refractivity contribution in [3.05, 3.63) is 64.7 Å². The predicted molar refractivity (Wildman–Crippen MR) is 88.1 cm³/mol. The van der Waals surface area contributed by atoms with Gasteiger partial charge < -0.3 is 4.74 Å². The van der Waals surface area contributed by atoms with Crippen molar-refractivity contribution in [3.63, 3.8) is 0 Å². The first-order valence-electron chi connectivity index (χ1n) is 7.35. The van der Waals surface area contributed by atoms with Crippen LogP contribution in [0, 0.1) is 25.5 Å². The highest BCUT2D eigenvalue weighted by Gasteiger charge is 2.06. The molecule has 4 nitrogen and oxygen atoms in total. The summed E-state index contributed by atoms with van der Waals surface area (Å²) in [7, 11) is 0. The van der Waals surface area contributed by atoms with E-state index in [1.54, 1.807) is 13.0 Å². The first-order chi connectivity index (χ1) is 11.4.